The summed E-state index contributed by atoms with van der Waals surface area (Å²) in [5.74, 6) is 1.05. The topological polar surface area (TPSA) is 72.1 Å². The van der Waals surface area contributed by atoms with Crippen molar-refractivity contribution in [3.63, 3.8) is 0 Å². The summed E-state index contributed by atoms with van der Waals surface area (Å²) in [6, 6.07) is 8.28. The van der Waals surface area contributed by atoms with Gasteiger partial charge < -0.3 is 10.6 Å². The van der Waals surface area contributed by atoms with Crippen molar-refractivity contribution < 1.29 is 9.18 Å². The number of carbonyl (C=O) groups is 1. The number of nitrogens with zero attached hydrogens (tertiary/aromatic N) is 3. The number of rotatable bonds is 4. The van der Waals surface area contributed by atoms with Gasteiger partial charge >= 0.3 is 0 Å². The van der Waals surface area contributed by atoms with Crippen molar-refractivity contribution in [1.29, 1.82) is 0 Å². The molecule has 1 aromatic carbocycles. The molecule has 0 aliphatic carbocycles. The van der Waals surface area contributed by atoms with Crippen LogP contribution in [0.15, 0.2) is 35.5 Å². The molecule has 24 heavy (non-hydrogen) atoms. The Morgan fingerprint density at radius 1 is 1.46 bits per heavy atom. The molecular formula is C16H17FN4OS2. The molecule has 126 valence electrons. The van der Waals surface area contributed by atoms with Crippen molar-refractivity contribution in [2.75, 3.05) is 23.8 Å². The standard InChI is InChI=1S/C16H17FN4OS2/c1-10-8-13(18)20-16(19-10)24-9-14(22)21-6-7-23-15(21)11-4-2-3-5-12(11)17/h2-5,8,15H,6-7,9H2,1H3,(H2,18,19,20)/t15-/m0/s1. The van der Waals surface area contributed by atoms with Gasteiger partial charge in [-0.3, -0.25) is 4.79 Å². The second-order valence-electron chi connectivity index (χ2n) is 5.34. The Labute approximate surface area is 148 Å². The lowest BCUT2D eigenvalue weighted by Gasteiger charge is -2.24. The first-order valence-electron chi connectivity index (χ1n) is 7.44. The molecule has 8 heteroatoms. The van der Waals surface area contributed by atoms with Crippen LogP contribution in [0.2, 0.25) is 0 Å². The predicted octanol–water partition coefficient (Wildman–Crippen LogP) is 2.87. The summed E-state index contributed by atoms with van der Waals surface area (Å²) in [7, 11) is 0. The van der Waals surface area contributed by atoms with Crippen LogP contribution in [0, 0.1) is 12.7 Å². The zero-order valence-corrected chi connectivity index (χ0v) is 14.7. The van der Waals surface area contributed by atoms with Gasteiger partial charge in [-0.05, 0) is 13.0 Å². The third-order valence-electron chi connectivity index (χ3n) is 3.56. The fourth-order valence-electron chi connectivity index (χ4n) is 2.50. The van der Waals surface area contributed by atoms with Crippen molar-refractivity contribution >= 4 is 35.2 Å². The first kappa shape index (κ1) is 17.0. The van der Waals surface area contributed by atoms with Crippen LogP contribution in [-0.2, 0) is 4.79 Å². The van der Waals surface area contributed by atoms with Crippen LogP contribution >= 0.6 is 23.5 Å². The molecule has 1 atom stereocenters. The highest BCUT2D eigenvalue weighted by Crippen LogP contribution is 2.39. The zero-order valence-electron chi connectivity index (χ0n) is 13.1. The van der Waals surface area contributed by atoms with Crippen LogP contribution in [0.1, 0.15) is 16.6 Å². The highest BCUT2D eigenvalue weighted by Gasteiger charge is 2.32. The van der Waals surface area contributed by atoms with E-state index in [1.54, 1.807) is 40.9 Å². The Morgan fingerprint density at radius 2 is 2.25 bits per heavy atom. The molecule has 1 fully saturated rings. The first-order valence-corrected chi connectivity index (χ1v) is 9.47. The van der Waals surface area contributed by atoms with Gasteiger partial charge in [-0.2, -0.15) is 0 Å². The van der Waals surface area contributed by atoms with Crippen LogP contribution in [0.25, 0.3) is 0 Å². The number of amides is 1. The number of thioether (sulfide) groups is 2. The Kier molecular flexibility index (Phi) is 5.25. The highest BCUT2D eigenvalue weighted by atomic mass is 32.2. The average Bonchev–Trinajstić information content (AvgIpc) is 3.01. The van der Waals surface area contributed by atoms with E-state index in [0.717, 1.165) is 11.4 Å². The third-order valence-corrected chi connectivity index (χ3v) is 5.64. The van der Waals surface area contributed by atoms with E-state index in [-0.39, 0.29) is 22.9 Å². The van der Waals surface area contributed by atoms with Gasteiger partial charge in [-0.25, -0.2) is 14.4 Å². The predicted molar refractivity (Wildman–Crippen MR) is 95.2 cm³/mol. The Morgan fingerprint density at radius 3 is 3.00 bits per heavy atom. The number of aromatic nitrogens is 2. The first-order chi connectivity index (χ1) is 11.5. The molecule has 1 amide bonds. The Hall–Kier alpha value is -1.80. The summed E-state index contributed by atoms with van der Waals surface area (Å²) in [5.41, 5.74) is 7.01. The molecule has 0 spiro atoms. The maximum absolute atomic E-state index is 14.0. The lowest BCUT2D eigenvalue weighted by Crippen LogP contribution is -2.32. The molecule has 1 saturated heterocycles. The van der Waals surface area contributed by atoms with Crippen molar-refractivity contribution in [2.24, 2.45) is 0 Å². The van der Waals surface area contributed by atoms with E-state index in [2.05, 4.69) is 9.97 Å². The summed E-state index contributed by atoms with van der Waals surface area (Å²) in [6.07, 6.45) is 0. The molecule has 0 saturated carbocycles. The van der Waals surface area contributed by atoms with Crippen molar-refractivity contribution in [3.05, 3.63) is 47.4 Å². The minimum atomic E-state index is -0.280. The molecule has 0 radical (unpaired) electrons. The van der Waals surface area contributed by atoms with Crippen molar-refractivity contribution in [2.45, 2.75) is 17.5 Å². The number of carbonyl (C=O) groups excluding carboxylic acids is 1. The molecular weight excluding hydrogens is 347 g/mol. The van der Waals surface area contributed by atoms with Gasteiger partial charge in [0.15, 0.2) is 5.16 Å². The average molecular weight is 364 g/mol. The van der Waals surface area contributed by atoms with Gasteiger partial charge in [0.2, 0.25) is 5.91 Å². The van der Waals surface area contributed by atoms with Gasteiger partial charge in [0, 0.05) is 29.6 Å². The van der Waals surface area contributed by atoms with Crippen LogP contribution in [-0.4, -0.2) is 38.8 Å². The second kappa shape index (κ2) is 7.40. The van der Waals surface area contributed by atoms with Gasteiger partial charge in [-0.1, -0.05) is 30.0 Å². The van der Waals surface area contributed by atoms with E-state index in [9.17, 15) is 9.18 Å². The van der Waals surface area contributed by atoms with E-state index < -0.39 is 0 Å². The SMILES string of the molecule is Cc1cc(N)nc(SCC(=O)N2CCS[C@H]2c2ccccc2F)n1. The quantitative estimate of drug-likeness (QED) is 0.664. The molecule has 0 unspecified atom stereocenters. The molecule has 2 aromatic rings. The monoisotopic (exact) mass is 364 g/mol. The Bertz CT molecular complexity index is 738. The molecule has 1 aliphatic rings. The maximum Gasteiger partial charge on any atom is 0.234 e. The van der Waals surface area contributed by atoms with E-state index >= 15 is 0 Å². The molecule has 2 N–H and O–H groups in total. The summed E-state index contributed by atoms with van der Waals surface area (Å²) in [4.78, 5) is 22.7. The van der Waals surface area contributed by atoms with E-state index in [1.807, 2.05) is 6.92 Å². The lowest BCUT2D eigenvalue weighted by molar-refractivity contribution is -0.128. The molecule has 1 aromatic heterocycles. The number of aryl methyl sites for hydroxylation is 1. The number of nitrogen functional groups attached to an aromatic ring is 1. The fraction of sp³-hybridized carbons (Fsp3) is 0.312. The largest absolute Gasteiger partial charge is 0.384 e. The molecule has 2 heterocycles. The number of benzene rings is 1. The zero-order chi connectivity index (χ0) is 17.1. The van der Waals surface area contributed by atoms with E-state index in [4.69, 9.17) is 5.73 Å². The van der Waals surface area contributed by atoms with Crippen LogP contribution in [0.3, 0.4) is 0 Å². The number of halogens is 1. The third kappa shape index (κ3) is 3.81. The molecule has 5 nitrogen and oxygen atoms in total. The number of nitrogens with two attached hydrogens (primary N) is 1. The minimum absolute atomic E-state index is 0.0538. The number of anilines is 1. The molecule has 3 rings (SSSR count). The second-order valence-corrected chi connectivity index (χ2v) is 7.47. The molecule has 0 bridgehead atoms. The summed E-state index contributed by atoms with van der Waals surface area (Å²) >= 11 is 2.83. The molecule has 1 aliphatic heterocycles. The van der Waals surface area contributed by atoms with Gasteiger partial charge in [0.25, 0.3) is 0 Å². The van der Waals surface area contributed by atoms with Crippen LogP contribution in [0.5, 0.6) is 0 Å². The smallest absolute Gasteiger partial charge is 0.234 e. The van der Waals surface area contributed by atoms with Crippen LogP contribution < -0.4 is 5.73 Å². The maximum atomic E-state index is 14.0. The van der Waals surface area contributed by atoms with Crippen molar-refractivity contribution in [3.8, 4) is 0 Å². The normalized spacial score (nSPS) is 17.2. The van der Waals surface area contributed by atoms with E-state index in [0.29, 0.717) is 23.1 Å². The van der Waals surface area contributed by atoms with Gasteiger partial charge in [0.1, 0.15) is 17.0 Å². The van der Waals surface area contributed by atoms with Crippen LogP contribution in [0.4, 0.5) is 10.2 Å². The van der Waals surface area contributed by atoms with E-state index in [1.165, 1.54) is 17.8 Å². The number of hydrogen-bond donors (Lipinski definition) is 1. The Balaban J connectivity index is 1.69. The fourth-order valence-corrected chi connectivity index (χ4v) is 4.59. The van der Waals surface area contributed by atoms with Gasteiger partial charge in [-0.15, -0.1) is 11.8 Å². The van der Waals surface area contributed by atoms with Crippen molar-refractivity contribution in [1.82, 2.24) is 14.9 Å². The summed E-state index contributed by atoms with van der Waals surface area (Å²) in [5, 5.41) is 0.206. The minimum Gasteiger partial charge on any atom is -0.384 e. The van der Waals surface area contributed by atoms with Gasteiger partial charge in [0.05, 0.1) is 5.75 Å². The highest BCUT2D eigenvalue weighted by molar-refractivity contribution is 8.00. The summed E-state index contributed by atoms with van der Waals surface area (Å²) in [6.45, 7) is 2.44. The summed E-state index contributed by atoms with van der Waals surface area (Å²) < 4.78 is 14.0. The lowest BCUT2D eigenvalue weighted by atomic mass is 10.2. The number of hydrogen-bond acceptors (Lipinski definition) is 6.